The van der Waals surface area contributed by atoms with Crippen LogP contribution in [0.1, 0.15) is 16.8 Å². The highest BCUT2D eigenvalue weighted by molar-refractivity contribution is 9.10. The van der Waals surface area contributed by atoms with E-state index in [9.17, 15) is 9.18 Å². The van der Waals surface area contributed by atoms with Crippen LogP contribution in [0.15, 0.2) is 22.7 Å². The molecule has 1 atom stereocenters. The van der Waals surface area contributed by atoms with Gasteiger partial charge in [0, 0.05) is 24.1 Å². The zero-order valence-electron chi connectivity index (χ0n) is 9.95. The van der Waals surface area contributed by atoms with E-state index in [0.717, 1.165) is 19.5 Å². The van der Waals surface area contributed by atoms with Crippen LogP contribution in [0.4, 0.5) is 4.39 Å². The molecule has 0 aromatic heterocycles. The lowest BCUT2D eigenvalue weighted by Crippen LogP contribution is -2.38. The Morgan fingerprint density at radius 2 is 2.28 bits per heavy atom. The summed E-state index contributed by atoms with van der Waals surface area (Å²) in [5, 5.41) is 3.19. The van der Waals surface area contributed by atoms with Gasteiger partial charge in [-0.05, 0) is 31.2 Å². The molecule has 6 heteroatoms. The van der Waals surface area contributed by atoms with Gasteiger partial charge in [-0.3, -0.25) is 4.79 Å². The quantitative estimate of drug-likeness (QED) is 0.899. The number of amides is 1. The summed E-state index contributed by atoms with van der Waals surface area (Å²) in [7, 11) is 1.72. The van der Waals surface area contributed by atoms with Crippen molar-refractivity contribution in [2.45, 2.75) is 12.5 Å². The van der Waals surface area contributed by atoms with E-state index in [0.29, 0.717) is 4.47 Å². The molecule has 1 unspecified atom stereocenters. The molecule has 1 aromatic carbocycles. The predicted molar refractivity (Wildman–Crippen MR) is 74.7 cm³/mol. The van der Waals surface area contributed by atoms with E-state index in [1.54, 1.807) is 18.0 Å². The number of rotatable bonds is 2. The molecule has 1 heterocycles. The summed E-state index contributed by atoms with van der Waals surface area (Å²) in [5.41, 5.74) is 0.127. The molecular weight excluding hydrogens is 322 g/mol. The summed E-state index contributed by atoms with van der Waals surface area (Å²) < 4.78 is 14.3. The van der Waals surface area contributed by atoms with Crippen molar-refractivity contribution >= 4 is 34.2 Å². The first kappa shape index (κ1) is 15.4. The summed E-state index contributed by atoms with van der Waals surface area (Å²) in [6.45, 7) is 1.69. The molecule has 3 nitrogen and oxygen atoms in total. The number of carbonyl (C=O) groups is 1. The van der Waals surface area contributed by atoms with Gasteiger partial charge in [0.1, 0.15) is 5.82 Å². The van der Waals surface area contributed by atoms with Crippen molar-refractivity contribution in [1.29, 1.82) is 0 Å². The first-order chi connectivity index (χ1) is 8.09. The van der Waals surface area contributed by atoms with Crippen LogP contribution in [-0.4, -0.2) is 37.0 Å². The van der Waals surface area contributed by atoms with Crippen LogP contribution in [0.2, 0.25) is 0 Å². The zero-order chi connectivity index (χ0) is 12.4. The molecule has 1 saturated heterocycles. The Bertz CT molecular complexity index is 438. The number of carbonyl (C=O) groups excluding carboxylic acids is 1. The summed E-state index contributed by atoms with van der Waals surface area (Å²) in [4.78, 5) is 13.7. The third-order valence-electron chi connectivity index (χ3n) is 3.06. The van der Waals surface area contributed by atoms with Gasteiger partial charge in [0.2, 0.25) is 0 Å². The standard InChI is InChI=1S/C12H14BrFN2O.ClH/c1-16(9-4-5-15-7-9)12(17)10-3-2-8(13)6-11(10)14;/h2-3,6,9,15H,4-5,7H2,1H3;1H. The van der Waals surface area contributed by atoms with E-state index in [1.807, 2.05) is 0 Å². The first-order valence-electron chi connectivity index (χ1n) is 5.52. The monoisotopic (exact) mass is 336 g/mol. The fourth-order valence-electron chi connectivity index (χ4n) is 1.99. The summed E-state index contributed by atoms with van der Waals surface area (Å²) in [6, 6.07) is 4.66. The lowest BCUT2D eigenvalue weighted by Gasteiger charge is -2.24. The molecule has 1 aromatic rings. The van der Waals surface area contributed by atoms with Gasteiger partial charge in [0.05, 0.1) is 5.56 Å². The fraction of sp³-hybridized carbons (Fsp3) is 0.417. The van der Waals surface area contributed by atoms with E-state index in [-0.39, 0.29) is 29.9 Å². The van der Waals surface area contributed by atoms with Crippen LogP contribution in [0, 0.1) is 5.82 Å². The van der Waals surface area contributed by atoms with Crippen LogP contribution in [0.3, 0.4) is 0 Å². The van der Waals surface area contributed by atoms with Crippen LogP contribution in [0.25, 0.3) is 0 Å². The van der Waals surface area contributed by atoms with E-state index in [2.05, 4.69) is 21.2 Å². The molecule has 1 amide bonds. The summed E-state index contributed by atoms with van der Waals surface area (Å²) in [5.74, 6) is -0.745. The van der Waals surface area contributed by atoms with Crippen molar-refractivity contribution in [3.63, 3.8) is 0 Å². The lowest BCUT2D eigenvalue weighted by molar-refractivity contribution is 0.0739. The van der Waals surface area contributed by atoms with E-state index in [1.165, 1.54) is 12.1 Å². The highest BCUT2D eigenvalue weighted by Gasteiger charge is 2.25. The Balaban J connectivity index is 0.00000162. The zero-order valence-corrected chi connectivity index (χ0v) is 12.4. The highest BCUT2D eigenvalue weighted by atomic mass is 79.9. The second-order valence-electron chi connectivity index (χ2n) is 4.19. The minimum Gasteiger partial charge on any atom is -0.337 e. The molecular formula is C12H15BrClFN2O. The average Bonchev–Trinajstić information content (AvgIpc) is 2.80. The number of hydrogen-bond acceptors (Lipinski definition) is 2. The van der Waals surface area contributed by atoms with E-state index < -0.39 is 5.82 Å². The number of likely N-dealkylation sites (N-methyl/N-ethyl adjacent to an activating group) is 1. The molecule has 1 aliphatic rings. The Labute approximate surface area is 120 Å². The van der Waals surface area contributed by atoms with Crippen LogP contribution in [0.5, 0.6) is 0 Å². The number of halogens is 3. The number of nitrogens with zero attached hydrogens (tertiary/aromatic N) is 1. The van der Waals surface area contributed by atoms with Gasteiger partial charge >= 0.3 is 0 Å². The summed E-state index contributed by atoms with van der Waals surface area (Å²) in [6.07, 6.45) is 0.917. The Morgan fingerprint density at radius 1 is 1.56 bits per heavy atom. The van der Waals surface area contributed by atoms with Gasteiger partial charge in [0.25, 0.3) is 5.91 Å². The molecule has 0 aliphatic carbocycles. The molecule has 0 bridgehead atoms. The third-order valence-corrected chi connectivity index (χ3v) is 3.56. The Morgan fingerprint density at radius 3 is 2.83 bits per heavy atom. The normalized spacial score (nSPS) is 18.3. The van der Waals surface area contributed by atoms with Crippen molar-refractivity contribution in [2.75, 3.05) is 20.1 Å². The Hall–Kier alpha value is -0.650. The topological polar surface area (TPSA) is 32.3 Å². The van der Waals surface area contributed by atoms with Crippen LogP contribution in [-0.2, 0) is 0 Å². The molecule has 18 heavy (non-hydrogen) atoms. The maximum Gasteiger partial charge on any atom is 0.256 e. The molecule has 1 fully saturated rings. The molecule has 1 N–H and O–H groups in total. The largest absolute Gasteiger partial charge is 0.337 e. The predicted octanol–water partition coefficient (Wildman–Crippen LogP) is 2.44. The van der Waals surface area contributed by atoms with Crippen molar-refractivity contribution in [1.82, 2.24) is 10.2 Å². The number of hydrogen-bond donors (Lipinski definition) is 1. The maximum absolute atomic E-state index is 13.7. The van der Waals surface area contributed by atoms with Gasteiger partial charge in [-0.25, -0.2) is 4.39 Å². The van der Waals surface area contributed by atoms with Crippen molar-refractivity contribution in [2.24, 2.45) is 0 Å². The first-order valence-corrected chi connectivity index (χ1v) is 6.32. The number of nitrogens with one attached hydrogen (secondary N) is 1. The molecule has 0 radical (unpaired) electrons. The molecule has 100 valence electrons. The fourth-order valence-corrected chi connectivity index (χ4v) is 2.32. The SMILES string of the molecule is CN(C(=O)c1ccc(Br)cc1F)C1CCNC1.Cl. The van der Waals surface area contributed by atoms with Gasteiger partial charge < -0.3 is 10.2 Å². The highest BCUT2D eigenvalue weighted by Crippen LogP contribution is 2.18. The second kappa shape index (κ2) is 6.50. The summed E-state index contributed by atoms with van der Waals surface area (Å²) >= 11 is 3.17. The van der Waals surface area contributed by atoms with E-state index >= 15 is 0 Å². The molecule has 0 saturated carbocycles. The smallest absolute Gasteiger partial charge is 0.256 e. The van der Waals surface area contributed by atoms with Gasteiger partial charge in [0.15, 0.2) is 0 Å². The maximum atomic E-state index is 13.7. The molecule has 1 aliphatic heterocycles. The van der Waals surface area contributed by atoms with Crippen molar-refractivity contribution in [3.05, 3.63) is 34.1 Å². The lowest BCUT2D eigenvalue weighted by atomic mass is 10.1. The van der Waals surface area contributed by atoms with Gasteiger partial charge in [-0.1, -0.05) is 15.9 Å². The molecule has 2 rings (SSSR count). The number of benzene rings is 1. The minimum atomic E-state index is -0.484. The van der Waals surface area contributed by atoms with Crippen LogP contribution < -0.4 is 5.32 Å². The minimum absolute atomic E-state index is 0. The van der Waals surface area contributed by atoms with Crippen molar-refractivity contribution < 1.29 is 9.18 Å². The Kier molecular flexibility index (Phi) is 5.56. The van der Waals surface area contributed by atoms with Crippen LogP contribution >= 0.6 is 28.3 Å². The second-order valence-corrected chi connectivity index (χ2v) is 5.10. The molecule has 0 spiro atoms. The van der Waals surface area contributed by atoms with Gasteiger partial charge in [-0.2, -0.15) is 0 Å². The third kappa shape index (κ3) is 3.22. The average molecular weight is 338 g/mol. The van der Waals surface area contributed by atoms with Crippen molar-refractivity contribution in [3.8, 4) is 0 Å². The van der Waals surface area contributed by atoms with E-state index in [4.69, 9.17) is 0 Å². The van der Waals surface area contributed by atoms with Gasteiger partial charge in [-0.15, -0.1) is 12.4 Å².